The molecule has 2 aliphatic rings. The van der Waals surface area contributed by atoms with Crippen LogP contribution in [0.3, 0.4) is 0 Å². The molecule has 19 heavy (non-hydrogen) atoms. The quantitative estimate of drug-likeness (QED) is 0.878. The Labute approximate surface area is 113 Å². The number of fused-ring (bicyclic) bond motifs is 1. The maximum absolute atomic E-state index is 12.7. The van der Waals surface area contributed by atoms with Crippen molar-refractivity contribution in [3.63, 3.8) is 0 Å². The van der Waals surface area contributed by atoms with Gasteiger partial charge in [0.15, 0.2) is 0 Å². The predicted molar refractivity (Wildman–Crippen MR) is 71.1 cm³/mol. The lowest BCUT2D eigenvalue weighted by Crippen LogP contribution is -2.47. The fourth-order valence-corrected chi connectivity index (χ4v) is 3.05. The van der Waals surface area contributed by atoms with Gasteiger partial charge in [-0.2, -0.15) is 0 Å². The van der Waals surface area contributed by atoms with Crippen LogP contribution in [0.4, 0.5) is 0 Å². The zero-order valence-electron chi connectivity index (χ0n) is 10.9. The Kier molecular flexibility index (Phi) is 3.42. The zero-order valence-corrected chi connectivity index (χ0v) is 10.9. The molecule has 1 aromatic rings. The third kappa shape index (κ3) is 2.21. The predicted octanol–water partition coefficient (Wildman–Crippen LogP) is 1.54. The van der Waals surface area contributed by atoms with E-state index in [0.29, 0.717) is 6.61 Å². The molecule has 2 atom stereocenters. The molecule has 0 aliphatic carbocycles. The highest BCUT2D eigenvalue weighted by Gasteiger charge is 2.36. The van der Waals surface area contributed by atoms with Crippen LogP contribution in [0.1, 0.15) is 30.7 Å². The maximum atomic E-state index is 12.7. The second-order valence-electron chi connectivity index (χ2n) is 5.27. The van der Waals surface area contributed by atoms with Crippen molar-refractivity contribution in [3.05, 3.63) is 29.8 Å². The summed E-state index contributed by atoms with van der Waals surface area (Å²) in [6.07, 6.45) is 3.02. The highest BCUT2D eigenvalue weighted by atomic mass is 16.5. The van der Waals surface area contributed by atoms with Crippen LogP contribution in [0.5, 0.6) is 5.75 Å². The average molecular weight is 261 g/mol. The first-order chi connectivity index (χ1) is 9.31. The normalized spacial score (nSPS) is 25.8. The molecular formula is C15H19NO3. The van der Waals surface area contributed by atoms with E-state index in [9.17, 15) is 9.90 Å². The first kappa shape index (κ1) is 12.5. The van der Waals surface area contributed by atoms with Gasteiger partial charge in [-0.05, 0) is 25.3 Å². The first-order valence-electron chi connectivity index (χ1n) is 6.94. The fourth-order valence-electron chi connectivity index (χ4n) is 3.05. The third-order valence-electron chi connectivity index (χ3n) is 4.12. The van der Waals surface area contributed by atoms with Crippen molar-refractivity contribution in [3.8, 4) is 5.75 Å². The van der Waals surface area contributed by atoms with Gasteiger partial charge in [0.25, 0.3) is 0 Å². The number of carbonyl (C=O) groups is 1. The number of nitrogens with zero attached hydrogens (tertiary/aromatic N) is 1. The van der Waals surface area contributed by atoms with E-state index < -0.39 is 0 Å². The van der Waals surface area contributed by atoms with Crippen molar-refractivity contribution < 1.29 is 14.6 Å². The average Bonchev–Trinajstić information content (AvgIpc) is 2.90. The van der Waals surface area contributed by atoms with Crippen molar-refractivity contribution in [2.24, 2.45) is 0 Å². The van der Waals surface area contributed by atoms with Crippen LogP contribution < -0.4 is 4.74 Å². The zero-order chi connectivity index (χ0) is 13.2. The molecule has 4 nitrogen and oxygen atoms in total. The van der Waals surface area contributed by atoms with E-state index in [4.69, 9.17) is 4.74 Å². The van der Waals surface area contributed by atoms with Crippen molar-refractivity contribution in [1.82, 2.24) is 4.90 Å². The molecule has 1 N–H and O–H groups in total. The molecule has 1 amide bonds. The van der Waals surface area contributed by atoms with E-state index in [0.717, 1.165) is 37.1 Å². The number of piperidine rings is 1. The van der Waals surface area contributed by atoms with Gasteiger partial charge in [-0.25, -0.2) is 0 Å². The summed E-state index contributed by atoms with van der Waals surface area (Å²) in [5, 5.41) is 9.42. The number of rotatable bonds is 2. The SMILES string of the molecule is O=C(C1COc2ccccc21)N1CCCCC1CO. The number of aliphatic hydroxyl groups excluding tert-OH is 1. The van der Waals surface area contributed by atoms with Gasteiger partial charge in [-0.1, -0.05) is 18.2 Å². The number of carbonyl (C=O) groups excluding carboxylic acids is 1. The first-order valence-corrected chi connectivity index (χ1v) is 6.94. The maximum Gasteiger partial charge on any atom is 0.234 e. The molecule has 0 aromatic heterocycles. The number of ether oxygens (including phenoxy) is 1. The summed E-state index contributed by atoms with van der Waals surface area (Å²) in [6, 6.07) is 7.70. The molecule has 1 fully saturated rings. The van der Waals surface area contributed by atoms with E-state index >= 15 is 0 Å². The molecule has 0 saturated carbocycles. The van der Waals surface area contributed by atoms with Gasteiger partial charge >= 0.3 is 0 Å². The lowest BCUT2D eigenvalue weighted by Gasteiger charge is -2.36. The standard InChI is InChI=1S/C15H19NO3/c17-9-11-5-3-4-8-16(11)15(18)13-10-19-14-7-2-1-6-12(13)14/h1-2,6-7,11,13,17H,3-5,8-10H2. The lowest BCUT2D eigenvalue weighted by atomic mass is 9.96. The second-order valence-corrected chi connectivity index (χ2v) is 5.27. The van der Waals surface area contributed by atoms with Gasteiger partial charge in [0.1, 0.15) is 18.3 Å². The Bertz CT molecular complexity index is 474. The van der Waals surface area contributed by atoms with Gasteiger partial charge in [0.05, 0.1) is 12.6 Å². The molecule has 2 unspecified atom stereocenters. The van der Waals surface area contributed by atoms with Crippen LogP contribution in [-0.2, 0) is 4.79 Å². The van der Waals surface area contributed by atoms with Gasteiger partial charge in [-0.3, -0.25) is 4.79 Å². The number of para-hydroxylation sites is 1. The number of aliphatic hydroxyl groups is 1. The molecule has 3 rings (SSSR count). The molecule has 2 heterocycles. The van der Waals surface area contributed by atoms with Crippen LogP contribution in [0, 0.1) is 0 Å². The van der Waals surface area contributed by atoms with Crippen molar-refractivity contribution in [1.29, 1.82) is 0 Å². The summed E-state index contributed by atoms with van der Waals surface area (Å²) in [4.78, 5) is 14.5. The van der Waals surface area contributed by atoms with Crippen molar-refractivity contribution in [2.45, 2.75) is 31.2 Å². The summed E-state index contributed by atoms with van der Waals surface area (Å²) in [6.45, 7) is 1.23. The number of amides is 1. The van der Waals surface area contributed by atoms with E-state index in [1.54, 1.807) is 0 Å². The summed E-state index contributed by atoms with van der Waals surface area (Å²) >= 11 is 0. The van der Waals surface area contributed by atoms with Crippen LogP contribution in [0.15, 0.2) is 24.3 Å². The Morgan fingerprint density at radius 1 is 1.37 bits per heavy atom. The minimum Gasteiger partial charge on any atom is -0.492 e. The molecule has 1 aromatic carbocycles. The van der Waals surface area contributed by atoms with Crippen LogP contribution >= 0.6 is 0 Å². The molecule has 2 aliphatic heterocycles. The smallest absolute Gasteiger partial charge is 0.234 e. The van der Waals surface area contributed by atoms with Crippen LogP contribution in [0.2, 0.25) is 0 Å². The highest BCUT2D eigenvalue weighted by molar-refractivity contribution is 5.86. The fraction of sp³-hybridized carbons (Fsp3) is 0.533. The topological polar surface area (TPSA) is 49.8 Å². The Morgan fingerprint density at radius 3 is 3.05 bits per heavy atom. The van der Waals surface area contributed by atoms with Crippen molar-refractivity contribution in [2.75, 3.05) is 19.8 Å². The minimum absolute atomic E-state index is 0.0194. The number of likely N-dealkylation sites (tertiary alicyclic amines) is 1. The van der Waals surface area contributed by atoms with E-state index in [1.165, 1.54) is 0 Å². The van der Waals surface area contributed by atoms with Gasteiger partial charge in [0, 0.05) is 12.1 Å². The van der Waals surface area contributed by atoms with Crippen molar-refractivity contribution >= 4 is 5.91 Å². The molecule has 0 radical (unpaired) electrons. The summed E-state index contributed by atoms with van der Waals surface area (Å²) in [5.74, 6) is 0.713. The monoisotopic (exact) mass is 261 g/mol. The molecular weight excluding hydrogens is 242 g/mol. The Balaban J connectivity index is 1.81. The molecule has 102 valence electrons. The summed E-state index contributed by atoms with van der Waals surface area (Å²) in [5.41, 5.74) is 0.981. The number of benzene rings is 1. The van der Waals surface area contributed by atoms with Gasteiger partial charge < -0.3 is 14.7 Å². The largest absolute Gasteiger partial charge is 0.492 e. The summed E-state index contributed by atoms with van der Waals surface area (Å²) in [7, 11) is 0. The van der Waals surface area contributed by atoms with Crippen LogP contribution in [-0.4, -0.2) is 41.7 Å². The number of hydrogen-bond acceptors (Lipinski definition) is 3. The van der Waals surface area contributed by atoms with E-state index in [1.807, 2.05) is 29.2 Å². The molecule has 4 heteroatoms. The molecule has 0 spiro atoms. The highest BCUT2D eigenvalue weighted by Crippen LogP contribution is 2.35. The van der Waals surface area contributed by atoms with E-state index in [2.05, 4.69) is 0 Å². The van der Waals surface area contributed by atoms with E-state index in [-0.39, 0.29) is 24.5 Å². The van der Waals surface area contributed by atoms with Crippen LogP contribution in [0.25, 0.3) is 0 Å². The molecule has 1 saturated heterocycles. The second kappa shape index (κ2) is 5.21. The van der Waals surface area contributed by atoms with Gasteiger partial charge in [0.2, 0.25) is 5.91 Å². The Hall–Kier alpha value is -1.55. The number of hydrogen-bond donors (Lipinski definition) is 1. The minimum atomic E-state index is -0.205. The molecule has 0 bridgehead atoms. The summed E-state index contributed by atoms with van der Waals surface area (Å²) < 4.78 is 5.58. The lowest BCUT2D eigenvalue weighted by molar-refractivity contribution is -0.137. The van der Waals surface area contributed by atoms with Gasteiger partial charge in [-0.15, -0.1) is 0 Å². The third-order valence-corrected chi connectivity index (χ3v) is 4.12. The Morgan fingerprint density at radius 2 is 2.21 bits per heavy atom.